The number of hydrogen-bond donors (Lipinski definition) is 1. The molecule has 0 spiro atoms. The Hall–Kier alpha value is -1.42. The van der Waals surface area contributed by atoms with Crippen LogP contribution in [0.5, 0.6) is 0 Å². The minimum absolute atomic E-state index is 0.00799. The van der Waals surface area contributed by atoms with Crippen molar-refractivity contribution in [1.82, 2.24) is 10.3 Å². The number of rotatable bonds is 3. The molecule has 0 saturated heterocycles. The Balaban J connectivity index is 2.55. The van der Waals surface area contributed by atoms with Gasteiger partial charge in [0, 0.05) is 18.8 Å². The molecule has 1 rings (SSSR count). The second-order valence-corrected chi connectivity index (χ2v) is 4.74. The molecular formula is C12H19N3O. The van der Waals surface area contributed by atoms with Gasteiger partial charge in [-0.05, 0) is 32.9 Å². The largest absolute Gasteiger partial charge is 0.304 e. The molecule has 1 N–H and O–H groups in total. The van der Waals surface area contributed by atoms with Gasteiger partial charge in [0.05, 0.1) is 6.54 Å². The van der Waals surface area contributed by atoms with Gasteiger partial charge in [-0.2, -0.15) is 0 Å². The molecule has 16 heavy (non-hydrogen) atoms. The molecule has 4 nitrogen and oxygen atoms in total. The number of carbonyl (C=O) groups is 1. The number of likely N-dealkylation sites (N-methyl/N-ethyl adjacent to an activating group) is 1. The number of hydrogen-bond acceptors (Lipinski definition) is 3. The fourth-order valence-corrected chi connectivity index (χ4v) is 1.14. The van der Waals surface area contributed by atoms with Crippen LogP contribution in [0.25, 0.3) is 0 Å². The maximum atomic E-state index is 11.8. The van der Waals surface area contributed by atoms with Gasteiger partial charge in [-0.3, -0.25) is 9.69 Å². The summed E-state index contributed by atoms with van der Waals surface area (Å²) in [6, 6.07) is 5.51. The number of pyridine rings is 1. The van der Waals surface area contributed by atoms with E-state index in [4.69, 9.17) is 0 Å². The van der Waals surface area contributed by atoms with Crippen LogP contribution in [-0.2, 0) is 4.79 Å². The van der Waals surface area contributed by atoms with Crippen LogP contribution >= 0.6 is 0 Å². The maximum absolute atomic E-state index is 11.8. The predicted octanol–water partition coefficient (Wildman–Crippen LogP) is 1.43. The molecule has 0 aliphatic rings. The quantitative estimate of drug-likeness (QED) is 0.840. The summed E-state index contributed by atoms with van der Waals surface area (Å²) < 4.78 is 0. The molecule has 0 atom stereocenters. The molecule has 1 amide bonds. The van der Waals surface area contributed by atoms with Crippen molar-refractivity contribution in [2.24, 2.45) is 0 Å². The Labute approximate surface area is 96.7 Å². The van der Waals surface area contributed by atoms with Gasteiger partial charge < -0.3 is 5.32 Å². The minimum atomic E-state index is -0.0549. The highest BCUT2D eigenvalue weighted by Crippen LogP contribution is 2.06. The van der Waals surface area contributed by atoms with Gasteiger partial charge in [-0.15, -0.1) is 0 Å². The van der Waals surface area contributed by atoms with Crippen molar-refractivity contribution >= 4 is 11.7 Å². The molecule has 0 saturated carbocycles. The minimum Gasteiger partial charge on any atom is -0.304 e. The second-order valence-electron chi connectivity index (χ2n) is 4.74. The zero-order chi connectivity index (χ0) is 12.2. The van der Waals surface area contributed by atoms with Crippen LogP contribution in [-0.4, -0.2) is 30.0 Å². The van der Waals surface area contributed by atoms with Gasteiger partial charge in [-0.1, -0.05) is 6.07 Å². The van der Waals surface area contributed by atoms with E-state index in [1.165, 1.54) is 0 Å². The molecule has 0 radical (unpaired) electrons. The smallest absolute Gasteiger partial charge is 0.241 e. The van der Waals surface area contributed by atoms with Gasteiger partial charge in [0.15, 0.2) is 0 Å². The Morgan fingerprint density at radius 1 is 1.44 bits per heavy atom. The van der Waals surface area contributed by atoms with E-state index >= 15 is 0 Å². The summed E-state index contributed by atoms with van der Waals surface area (Å²) >= 11 is 0. The lowest BCUT2D eigenvalue weighted by molar-refractivity contribution is -0.117. The van der Waals surface area contributed by atoms with Gasteiger partial charge in [-0.25, -0.2) is 4.98 Å². The number of anilines is 1. The van der Waals surface area contributed by atoms with E-state index in [1.807, 2.05) is 39.0 Å². The van der Waals surface area contributed by atoms with Gasteiger partial charge >= 0.3 is 0 Å². The SMILES string of the molecule is CN(C(=O)CNC(C)(C)C)c1ccccn1. The first-order valence-electron chi connectivity index (χ1n) is 5.33. The van der Waals surface area contributed by atoms with E-state index < -0.39 is 0 Å². The van der Waals surface area contributed by atoms with E-state index in [1.54, 1.807) is 18.1 Å². The van der Waals surface area contributed by atoms with Crippen LogP contribution in [0.4, 0.5) is 5.82 Å². The second kappa shape index (κ2) is 5.07. The average molecular weight is 221 g/mol. The Morgan fingerprint density at radius 2 is 2.12 bits per heavy atom. The third kappa shape index (κ3) is 3.98. The van der Waals surface area contributed by atoms with E-state index in [0.29, 0.717) is 12.4 Å². The summed E-state index contributed by atoms with van der Waals surface area (Å²) in [6.45, 7) is 6.40. The summed E-state index contributed by atoms with van der Waals surface area (Å²) in [5.74, 6) is 0.678. The topological polar surface area (TPSA) is 45.2 Å². The molecule has 0 bridgehead atoms. The van der Waals surface area contributed by atoms with E-state index in [2.05, 4.69) is 10.3 Å². The molecule has 1 aromatic heterocycles. The van der Waals surface area contributed by atoms with Crippen LogP contribution in [0.3, 0.4) is 0 Å². The molecule has 0 unspecified atom stereocenters. The molecule has 0 aromatic carbocycles. The van der Waals surface area contributed by atoms with Crippen molar-refractivity contribution in [2.45, 2.75) is 26.3 Å². The molecular weight excluding hydrogens is 202 g/mol. The lowest BCUT2D eigenvalue weighted by Gasteiger charge is -2.22. The number of amides is 1. The van der Waals surface area contributed by atoms with Crippen molar-refractivity contribution in [3.05, 3.63) is 24.4 Å². The monoisotopic (exact) mass is 221 g/mol. The molecule has 0 aliphatic heterocycles. The molecule has 1 heterocycles. The standard InChI is InChI=1S/C12H19N3O/c1-12(2,3)14-9-11(16)15(4)10-7-5-6-8-13-10/h5-8,14H,9H2,1-4H3. The number of aromatic nitrogens is 1. The summed E-state index contributed by atoms with van der Waals surface area (Å²) in [4.78, 5) is 17.5. The molecule has 0 fully saturated rings. The zero-order valence-electron chi connectivity index (χ0n) is 10.3. The van der Waals surface area contributed by atoms with Crippen molar-refractivity contribution in [2.75, 3.05) is 18.5 Å². The normalized spacial score (nSPS) is 11.2. The molecule has 0 aliphatic carbocycles. The van der Waals surface area contributed by atoms with Crippen molar-refractivity contribution in [1.29, 1.82) is 0 Å². The van der Waals surface area contributed by atoms with Crippen LogP contribution in [0.1, 0.15) is 20.8 Å². The Bertz CT molecular complexity index is 343. The van der Waals surface area contributed by atoms with Gasteiger partial charge in [0.2, 0.25) is 5.91 Å². The van der Waals surface area contributed by atoms with E-state index in [9.17, 15) is 4.79 Å². The third-order valence-corrected chi connectivity index (χ3v) is 2.14. The van der Waals surface area contributed by atoms with Crippen molar-refractivity contribution < 1.29 is 4.79 Å². The first kappa shape index (κ1) is 12.6. The fraction of sp³-hybridized carbons (Fsp3) is 0.500. The highest BCUT2D eigenvalue weighted by atomic mass is 16.2. The summed E-state index contributed by atoms with van der Waals surface area (Å²) in [5, 5.41) is 3.15. The van der Waals surface area contributed by atoms with Crippen LogP contribution in [0.15, 0.2) is 24.4 Å². The van der Waals surface area contributed by atoms with Crippen molar-refractivity contribution in [3.8, 4) is 0 Å². The number of nitrogens with zero attached hydrogens (tertiary/aromatic N) is 2. The van der Waals surface area contributed by atoms with Crippen LogP contribution in [0.2, 0.25) is 0 Å². The zero-order valence-corrected chi connectivity index (χ0v) is 10.3. The Kier molecular flexibility index (Phi) is 4.01. The van der Waals surface area contributed by atoms with E-state index in [0.717, 1.165) is 0 Å². The number of nitrogens with one attached hydrogen (secondary N) is 1. The Morgan fingerprint density at radius 3 is 2.62 bits per heavy atom. The first-order valence-corrected chi connectivity index (χ1v) is 5.33. The van der Waals surface area contributed by atoms with Gasteiger partial charge in [0.1, 0.15) is 5.82 Å². The summed E-state index contributed by atoms with van der Waals surface area (Å²) in [5.41, 5.74) is -0.0549. The third-order valence-electron chi connectivity index (χ3n) is 2.14. The average Bonchev–Trinajstić information content (AvgIpc) is 2.25. The lowest BCUT2D eigenvalue weighted by Crippen LogP contribution is -2.44. The van der Waals surface area contributed by atoms with Crippen LogP contribution in [0, 0.1) is 0 Å². The molecule has 88 valence electrons. The van der Waals surface area contributed by atoms with E-state index in [-0.39, 0.29) is 11.4 Å². The highest BCUT2D eigenvalue weighted by molar-refractivity contribution is 5.93. The summed E-state index contributed by atoms with van der Waals surface area (Å²) in [7, 11) is 1.73. The maximum Gasteiger partial charge on any atom is 0.241 e. The molecule has 4 heteroatoms. The fourth-order valence-electron chi connectivity index (χ4n) is 1.14. The highest BCUT2D eigenvalue weighted by Gasteiger charge is 2.15. The van der Waals surface area contributed by atoms with Crippen molar-refractivity contribution in [3.63, 3.8) is 0 Å². The predicted molar refractivity (Wildman–Crippen MR) is 65.4 cm³/mol. The first-order chi connectivity index (χ1) is 7.40. The number of carbonyl (C=O) groups excluding carboxylic acids is 1. The lowest BCUT2D eigenvalue weighted by atomic mass is 10.1. The molecule has 1 aromatic rings. The summed E-state index contributed by atoms with van der Waals surface area (Å²) in [6.07, 6.45) is 1.68. The van der Waals surface area contributed by atoms with Crippen LogP contribution < -0.4 is 10.2 Å². The van der Waals surface area contributed by atoms with Gasteiger partial charge in [0.25, 0.3) is 0 Å².